The Morgan fingerprint density at radius 3 is 2.72 bits per heavy atom. The number of fused-ring (bicyclic) bond motifs is 1. The highest BCUT2D eigenvalue weighted by Gasteiger charge is 2.24. The average Bonchev–Trinajstić information content (AvgIpc) is 3.13. The lowest BCUT2D eigenvalue weighted by atomic mass is 9.95. The van der Waals surface area contributed by atoms with E-state index in [0.717, 1.165) is 30.8 Å². The molecule has 9 heteroatoms. The molecule has 8 nitrogen and oxygen atoms in total. The highest BCUT2D eigenvalue weighted by Crippen LogP contribution is 2.31. The van der Waals surface area contributed by atoms with Gasteiger partial charge in [-0.3, -0.25) is 4.79 Å². The summed E-state index contributed by atoms with van der Waals surface area (Å²) in [7, 11) is 0. The maximum atomic E-state index is 12.5. The summed E-state index contributed by atoms with van der Waals surface area (Å²) in [6, 6.07) is 7.28. The molecular formula is C16H17N7OS. The molecule has 3 aromatic heterocycles. The Kier molecular flexibility index (Phi) is 4.55. The maximum Gasteiger partial charge on any atom is 0.270 e. The fourth-order valence-corrected chi connectivity index (χ4v) is 4.07. The van der Waals surface area contributed by atoms with E-state index >= 15 is 0 Å². The molecule has 0 radical (unpaired) electrons. The van der Waals surface area contributed by atoms with Crippen molar-refractivity contribution >= 4 is 23.3 Å². The molecule has 3 heterocycles. The van der Waals surface area contributed by atoms with E-state index in [1.807, 2.05) is 6.07 Å². The molecule has 128 valence electrons. The van der Waals surface area contributed by atoms with Crippen LogP contribution in [0.2, 0.25) is 0 Å². The molecule has 1 aliphatic rings. The van der Waals surface area contributed by atoms with Crippen molar-refractivity contribution in [2.24, 2.45) is 0 Å². The number of carbonyl (C=O) groups is 1. The molecule has 0 aliphatic heterocycles. The van der Waals surface area contributed by atoms with Crippen molar-refractivity contribution in [3.8, 4) is 0 Å². The second-order valence-corrected chi connectivity index (χ2v) is 7.22. The highest BCUT2D eigenvalue weighted by atomic mass is 32.2. The number of hydrogen-bond acceptors (Lipinski definition) is 7. The van der Waals surface area contributed by atoms with Crippen LogP contribution in [0.5, 0.6) is 0 Å². The predicted molar refractivity (Wildman–Crippen MR) is 92.2 cm³/mol. The summed E-state index contributed by atoms with van der Waals surface area (Å²) in [6.45, 7) is 0. The molecule has 0 spiro atoms. The normalized spacial score (nSPS) is 20.5. The predicted octanol–water partition coefficient (Wildman–Crippen LogP) is 1.75. The Morgan fingerprint density at radius 1 is 1.12 bits per heavy atom. The van der Waals surface area contributed by atoms with E-state index in [1.54, 1.807) is 42.4 Å². The lowest BCUT2D eigenvalue weighted by molar-refractivity contribution is 0.0920. The topological polar surface area (TPSA) is 98.0 Å². The van der Waals surface area contributed by atoms with E-state index in [4.69, 9.17) is 0 Å². The summed E-state index contributed by atoms with van der Waals surface area (Å²) < 4.78 is 1.46. The summed E-state index contributed by atoms with van der Waals surface area (Å²) >= 11 is 1.72. The van der Waals surface area contributed by atoms with Crippen LogP contribution in [0.15, 0.2) is 41.8 Å². The Balaban J connectivity index is 1.34. The number of hydrogen-bond donors (Lipinski definition) is 1. The van der Waals surface area contributed by atoms with Crippen LogP contribution in [0.4, 0.5) is 0 Å². The molecule has 1 N–H and O–H groups in total. The summed E-state index contributed by atoms with van der Waals surface area (Å²) in [5.74, 6) is -0.139. The van der Waals surface area contributed by atoms with Gasteiger partial charge in [0, 0.05) is 23.7 Å². The van der Waals surface area contributed by atoms with Crippen molar-refractivity contribution in [2.45, 2.75) is 42.1 Å². The Labute approximate surface area is 148 Å². The van der Waals surface area contributed by atoms with Gasteiger partial charge >= 0.3 is 0 Å². The Morgan fingerprint density at radius 2 is 1.92 bits per heavy atom. The van der Waals surface area contributed by atoms with E-state index in [0.29, 0.717) is 16.6 Å². The van der Waals surface area contributed by atoms with Gasteiger partial charge in [-0.1, -0.05) is 17.8 Å². The first-order chi connectivity index (χ1) is 12.3. The van der Waals surface area contributed by atoms with Gasteiger partial charge in [-0.2, -0.15) is 4.52 Å². The number of tetrazole rings is 1. The minimum absolute atomic E-state index is 0.139. The first-order valence-electron chi connectivity index (χ1n) is 8.21. The van der Waals surface area contributed by atoms with Gasteiger partial charge in [0.15, 0.2) is 10.8 Å². The van der Waals surface area contributed by atoms with Crippen molar-refractivity contribution in [1.29, 1.82) is 0 Å². The molecule has 0 saturated heterocycles. The number of nitrogens with one attached hydrogen (secondary N) is 1. The van der Waals surface area contributed by atoms with E-state index < -0.39 is 0 Å². The largest absolute Gasteiger partial charge is 0.348 e. The van der Waals surface area contributed by atoms with Crippen LogP contribution in [0.25, 0.3) is 5.65 Å². The van der Waals surface area contributed by atoms with E-state index in [9.17, 15) is 4.79 Å². The van der Waals surface area contributed by atoms with Crippen molar-refractivity contribution in [2.75, 3.05) is 0 Å². The van der Waals surface area contributed by atoms with Gasteiger partial charge in [0.1, 0.15) is 5.69 Å². The second kappa shape index (κ2) is 7.14. The number of thioether (sulfide) groups is 1. The third-order valence-electron chi connectivity index (χ3n) is 4.28. The third-order valence-corrected chi connectivity index (χ3v) is 5.50. The molecule has 1 aliphatic carbocycles. The lowest BCUT2D eigenvalue weighted by Crippen LogP contribution is -2.38. The quantitative estimate of drug-likeness (QED) is 0.712. The van der Waals surface area contributed by atoms with Crippen molar-refractivity contribution in [1.82, 2.24) is 35.3 Å². The van der Waals surface area contributed by atoms with E-state index in [-0.39, 0.29) is 11.9 Å². The number of nitrogens with zero attached hydrogens (tertiary/aromatic N) is 6. The molecule has 3 aromatic rings. The maximum absolute atomic E-state index is 12.5. The average molecular weight is 355 g/mol. The molecule has 0 bridgehead atoms. The minimum Gasteiger partial charge on any atom is -0.348 e. The van der Waals surface area contributed by atoms with Crippen LogP contribution in [-0.2, 0) is 0 Å². The molecule has 1 amide bonds. The summed E-state index contributed by atoms with van der Waals surface area (Å²) in [6.07, 6.45) is 7.48. The number of pyridine rings is 1. The first kappa shape index (κ1) is 15.9. The van der Waals surface area contributed by atoms with Gasteiger partial charge in [0.2, 0.25) is 0 Å². The standard InChI is InChI=1S/C16H17N7OS/c24-15(13-3-1-4-14-20-21-22-23(13)14)19-11-5-7-12(8-6-11)25-16-17-9-2-10-18-16/h1-4,9-12H,5-8H2,(H,19,24). The van der Waals surface area contributed by atoms with Crippen molar-refractivity contribution in [3.63, 3.8) is 0 Å². The number of carbonyl (C=O) groups excluding carboxylic acids is 1. The molecule has 1 fully saturated rings. The van der Waals surface area contributed by atoms with Gasteiger partial charge in [0.25, 0.3) is 5.91 Å². The fourth-order valence-electron chi connectivity index (χ4n) is 3.02. The van der Waals surface area contributed by atoms with E-state index in [2.05, 4.69) is 30.8 Å². The minimum atomic E-state index is -0.139. The van der Waals surface area contributed by atoms with Crippen LogP contribution >= 0.6 is 11.8 Å². The van der Waals surface area contributed by atoms with Crippen LogP contribution in [0, 0.1) is 0 Å². The fraction of sp³-hybridized carbons (Fsp3) is 0.375. The zero-order valence-electron chi connectivity index (χ0n) is 13.4. The summed E-state index contributed by atoms with van der Waals surface area (Å²) in [5, 5.41) is 15.8. The van der Waals surface area contributed by atoms with Crippen LogP contribution in [0.3, 0.4) is 0 Å². The van der Waals surface area contributed by atoms with Gasteiger partial charge in [0.05, 0.1) is 0 Å². The first-order valence-corrected chi connectivity index (χ1v) is 9.09. The molecule has 0 unspecified atom stereocenters. The second-order valence-electron chi connectivity index (χ2n) is 5.96. The van der Waals surface area contributed by atoms with Gasteiger partial charge in [-0.05, 0) is 54.3 Å². The Hall–Kier alpha value is -2.55. The highest BCUT2D eigenvalue weighted by molar-refractivity contribution is 7.99. The Bertz CT molecular complexity index is 861. The number of amides is 1. The van der Waals surface area contributed by atoms with Crippen LogP contribution in [-0.4, -0.2) is 47.2 Å². The van der Waals surface area contributed by atoms with Crippen LogP contribution < -0.4 is 5.32 Å². The summed E-state index contributed by atoms with van der Waals surface area (Å²) in [5.41, 5.74) is 1.02. The monoisotopic (exact) mass is 355 g/mol. The third kappa shape index (κ3) is 3.60. The van der Waals surface area contributed by atoms with Crippen molar-refractivity contribution < 1.29 is 4.79 Å². The van der Waals surface area contributed by atoms with Crippen LogP contribution in [0.1, 0.15) is 36.2 Å². The number of aromatic nitrogens is 6. The SMILES string of the molecule is O=C(NC1CCC(Sc2ncccn2)CC1)c1cccc2nnnn12. The van der Waals surface area contributed by atoms with E-state index in [1.165, 1.54) is 4.52 Å². The summed E-state index contributed by atoms with van der Waals surface area (Å²) in [4.78, 5) is 21.1. The van der Waals surface area contributed by atoms with Gasteiger partial charge in [-0.25, -0.2) is 9.97 Å². The molecule has 1 saturated carbocycles. The van der Waals surface area contributed by atoms with Crippen molar-refractivity contribution in [3.05, 3.63) is 42.4 Å². The molecule has 0 aromatic carbocycles. The molecule has 25 heavy (non-hydrogen) atoms. The van der Waals surface area contributed by atoms with Gasteiger partial charge < -0.3 is 5.32 Å². The zero-order valence-corrected chi connectivity index (χ0v) is 14.3. The number of rotatable bonds is 4. The zero-order chi connectivity index (χ0) is 17.1. The smallest absolute Gasteiger partial charge is 0.270 e. The molecule has 0 atom stereocenters. The van der Waals surface area contributed by atoms with Gasteiger partial charge in [-0.15, -0.1) is 5.10 Å². The molecular weight excluding hydrogens is 338 g/mol. The lowest BCUT2D eigenvalue weighted by Gasteiger charge is -2.28. The molecule has 4 rings (SSSR count).